The third-order valence-corrected chi connectivity index (χ3v) is 3.60. The Balaban J connectivity index is 0.00000324. The first-order valence-electron chi connectivity index (χ1n) is 7.70. The van der Waals surface area contributed by atoms with Gasteiger partial charge in [0.15, 0.2) is 0 Å². The first-order valence-corrected chi connectivity index (χ1v) is 7.70. The predicted molar refractivity (Wildman–Crippen MR) is 86.9 cm³/mol. The molecule has 0 fully saturated rings. The van der Waals surface area contributed by atoms with Crippen molar-refractivity contribution in [3.63, 3.8) is 0 Å². The van der Waals surface area contributed by atoms with Crippen LogP contribution in [0.25, 0.3) is 0 Å². The lowest BCUT2D eigenvalue weighted by molar-refractivity contribution is 0.447. The molecule has 19 heavy (non-hydrogen) atoms. The van der Waals surface area contributed by atoms with Gasteiger partial charge in [0.05, 0.1) is 6.54 Å². The largest absolute Gasteiger partial charge is 0.336 e. The molecule has 0 aromatic heterocycles. The maximum atomic E-state index is 7.56. The number of hydrogen-bond acceptors (Lipinski definition) is 1. The molecule has 1 rings (SSSR count). The molecule has 4 heteroatoms. The minimum absolute atomic E-state index is 0. The van der Waals surface area contributed by atoms with E-state index < -0.39 is 0 Å². The Morgan fingerprint density at radius 1 is 1.00 bits per heavy atom. The van der Waals surface area contributed by atoms with E-state index in [1.165, 1.54) is 64.2 Å². The van der Waals surface area contributed by atoms with E-state index >= 15 is 0 Å². The second-order valence-corrected chi connectivity index (χ2v) is 5.26. The van der Waals surface area contributed by atoms with E-state index in [1.54, 1.807) is 0 Å². The fraction of sp³-hybridized carbons (Fsp3) is 0.867. The molecule has 0 aromatic carbocycles. The number of aliphatic imine (C=N–C) groups is 1. The Labute approximate surface area is 124 Å². The fourth-order valence-corrected chi connectivity index (χ4v) is 2.38. The van der Waals surface area contributed by atoms with Gasteiger partial charge in [0.1, 0.15) is 0 Å². The highest BCUT2D eigenvalue weighted by atomic mass is 35.5. The average molecular weight is 288 g/mol. The van der Waals surface area contributed by atoms with Gasteiger partial charge in [-0.1, -0.05) is 64.7 Å². The van der Waals surface area contributed by atoms with Crippen LogP contribution >= 0.6 is 12.4 Å². The molecule has 3 nitrogen and oxygen atoms in total. The zero-order valence-corrected chi connectivity index (χ0v) is 13.2. The lowest BCUT2D eigenvalue weighted by atomic mass is 10.1. The van der Waals surface area contributed by atoms with Crippen molar-refractivity contribution in [2.45, 2.75) is 71.1 Å². The van der Waals surface area contributed by atoms with E-state index in [4.69, 9.17) is 5.41 Å². The van der Waals surface area contributed by atoms with Crippen molar-refractivity contribution in [1.82, 2.24) is 4.90 Å². The van der Waals surface area contributed by atoms with E-state index in [-0.39, 0.29) is 12.4 Å². The fourth-order valence-electron chi connectivity index (χ4n) is 2.38. The quantitative estimate of drug-likeness (QED) is 0.552. The second kappa shape index (κ2) is 12.5. The third-order valence-electron chi connectivity index (χ3n) is 3.60. The first kappa shape index (κ1) is 18.4. The number of guanidine groups is 1. The zero-order chi connectivity index (χ0) is 13.1. The Bertz CT molecular complexity index is 254. The van der Waals surface area contributed by atoms with Crippen LogP contribution in [0.2, 0.25) is 0 Å². The van der Waals surface area contributed by atoms with Crippen LogP contribution in [0.5, 0.6) is 0 Å². The van der Waals surface area contributed by atoms with Crippen molar-refractivity contribution in [3.8, 4) is 0 Å². The molecule has 0 spiro atoms. The van der Waals surface area contributed by atoms with Crippen molar-refractivity contribution in [1.29, 1.82) is 5.41 Å². The van der Waals surface area contributed by atoms with Gasteiger partial charge in [0, 0.05) is 12.8 Å². The van der Waals surface area contributed by atoms with Gasteiger partial charge in [-0.15, -0.1) is 12.4 Å². The van der Waals surface area contributed by atoms with Gasteiger partial charge in [0.2, 0.25) is 5.96 Å². The summed E-state index contributed by atoms with van der Waals surface area (Å²) in [6.45, 7) is 4.12. The molecule has 0 bridgehead atoms. The molecule has 112 valence electrons. The van der Waals surface area contributed by atoms with Crippen LogP contribution < -0.4 is 0 Å². The Morgan fingerprint density at radius 2 is 1.53 bits per heavy atom. The van der Waals surface area contributed by atoms with Crippen LogP contribution in [-0.2, 0) is 0 Å². The zero-order valence-electron chi connectivity index (χ0n) is 12.4. The van der Waals surface area contributed by atoms with Gasteiger partial charge >= 0.3 is 0 Å². The van der Waals surface area contributed by atoms with Crippen molar-refractivity contribution in [2.75, 3.05) is 13.1 Å². The lowest BCUT2D eigenvalue weighted by Gasteiger charge is -2.15. The maximum Gasteiger partial charge on any atom is 0.217 e. The molecule has 0 aliphatic carbocycles. The summed E-state index contributed by atoms with van der Waals surface area (Å²) >= 11 is 0. The van der Waals surface area contributed by atoms with Crippen molar-refractivity contribution >= 4 is 24.6 Å². The van der Waals surface area contributed by atoms with Crippen LogP contribution in [-0.4, -0.2) is 30.2 Å². The molecule has 1 aliphatic heterocycles. The molecule has 1 aliphatic rings. The Kier molecular flexibility index (Phi) is 12.1. The minimum atomic E-state index is 0. The highest BCUT2D eigenvalue weighted by Crippen LogP contribution is 2.11. The van der Waals surface area contributed by atoms with Crippen molar-refractivity contribution in [2.24, 2.45) is 4.99 Å². The SMILES string of the molecule is CCCCCCCCCCCCN1CC=NC1=N.Cl. The number of halogens is 1. The monoisotopic (exact) mass is 287 g/mol. The highest BCUT2D eigenvalue weighted by molar-refractivity contribution is 5.92. The van der Waals surface area contributed by atoms with Crippen LogP contribution in [0, 0.1) is 5.41 Å². The van der Waals surface area contributed by atoms with E-state index in [2.05, 4.69) is 11.9 Å². The number of hydrogen-bond donors (Lipinski definition) is 1. The molecule has 0 aromatic rings. The molecule has 1 N–H and O–H groups in total. The summed E-state index contributed by atoms with van der Waals surface area (Å²) in [7, 11) is 0. The average Bonchev–Trinajstić information content (AvgIpc) is 2.77. The number of rotatable bonds is 11. The van der Waals surface area contributed by atoms with E-state index in [0.717, 1.165) is 13.1 Å². The molecule has 1 heterocycles. The van der Waals surface area contributed by atoms with E-state index in [9.17, 15) is 0 Å². The molecule has 0 saturated heterocycles. The van der Waals surface area contributed by atoms with Crippen molar-refractivity contribution in [3.05, 3.63) is 0 Å². The summed E-state index contributed by atoms with van der Waals surface area (Å²) in [5.41, 5.74) is 0. The summed E-state index contributed by atoms with van der Waals surface area (Å²) in [6, 6.07) is 0. The lowest BCUT2D eigenvalue weighted by Crippen LogP contribution is -2.26. The molecule has 0 amide bonds. The molecular formula is C15H30ClN3. The van der Waals surface area contributed by atoms with Gasteiger partial charge in [-0.25, -0.2) is 4.99 Å². The van der Waals surface area contributed by atoms with Gasteiger partial charge in [-0.2, -0.15) is 0 Å². The first-order chi connectivity index (χ1) is 8.84. The van der Waals surface area contributed by atoms with Gasteiger partial charge in [0.25, 0.3) is 0 Å². The third kappa shape index (κ3) is 9.04. The summed E-state index contributed by atoms with van der Waals surface area (Å²) in [5, 5.41) is 7.56. The molecular weight excluding hydrogens is 258 g/mol. The van der Waals surface area contributed by atoms with Crippen LogP contribution in [0.3, 0.4) is 0 Å². The standard InChI is InChI=1S/C15H29N3.ClH/c1-2-3-4-5-6-7-8-9-10-11-13-18-14-12-17-15(18)16;/h12,16H,2-11,13-14H2,1H3;1H. The second-order valence-electron chi connectivity index (χ2n) is 5.26. The minimum Gasteiger partial charge on any atom is -0.336 e. The predicted octanol–water partition coefficient (Wildman–Crippen LogP) is 4.65. The summed E-state index contributed by atoms with van der Waals surface area (Å²) in [5.74, 6) is 0.450. The van der Waals surface area contributed by atoms with E-state index in [0.29, 0.717) is 5.96 Å². The van der Waals surface area contributed by atoms with Crippen LogP contribution in [0.1, 0.15) is 71.1 Å². The normalized spacial score (nSPS) is 13.9. The van der Waals surface area contributed by atoms with Crippen LogP contribution in [0.4, 0.5) is 0 Å². The maximum absolute atomic E-state index is 7.56. The van der Waals surface area contributed by atoms with Gasteiger partial charge < -0.3 is 4.90 Å². The van der Waals surface area contributed by atoms with Gasteiger partial charge in [-0.05, 0) is 6.42 Å². The number of nitrogens with one attached hydrogen (secondary N) is 1. The Hall–Kier alpha value is -0.570. The molecule has 0 saturated carbocycles. The Morgan fingerprint density at radius 3 is 2.00 bits per heavy atom. The summed E-state index contributed by atoms with van der Waals surface area (Å²) in [6.07, 6.45) is 15.5. The summed E-state index contributed by atoms with van der Waals surface area (Å²) in [4.78, 5) is 6.01. The summed E-state index contributed by atoms with van der Waals surface area (Å²) < 4.78 is 0. The molecule has 0 unspecified atom stereocenters. The van der Waals surface area contributed by atoms with E-state index in [1.807, 2.05) is 11.1 Å². The molecule has 0 radical (unpaired) electrons. The number of unbranched alkanes of at least 4 members (excludes halogenated alkanes) is 9. The topological polar surface area (TPSA) is 39.5 Å². The number of nitrogens with zero attached hydrogens (tertiary/aromatic N) is 2. The van der Waals surface area contributed by atoms with Crippen LogP contribution in [0.15, 0.2) is 4.99 Å². The van der Waals surface area contributed by atoms with Crippen molar-refractivity contribution < 1.29 is 0 Å². The molecule has 0 atom stereocenters. The smallest absolute Gasteiger partial charge is 0.217 e. The van der Waals surface area contributed by atoms with Gasteiger partial charge in [-0.3, -0.25) is 5.41 Å². The highest BCUT2D eigenvalue weighted by Gasteiger charge is 2.11.